The number of benzene rings is 2. The fourth-order valence-electron chi connectivity index (χ4n) is 2.51. The first-order valence-electron chi connectivity index (χ1n) is 8.98. The number of anilines is 1. The van der Waals surface area contributed by atoms with E-state index in [-0.39, 0.29) is 11.7 Å². The Morgan fingerprint density at radius 1 is 1.18 bits per heavy atom. The van der Waals surface area contributed by atoms with Gasteiger partial charge in [0.1, 0.15) is 17.4 Å². The molecular formula is C22H24N2O4. The van der Waals surface area contributed by atoms with Crippen molar-refractivity contribution in [1.29, 1.82) is 5.26 Å². The number of ether oxygens (including phenoxy) is 3. The van der Waals surface area contributed by atoms with E-state index < -0.39 is 5.91 Å². The molecule has 1 amide bonds. The van der Waals surface area contributed by atoms with Gasteiger partial charge in [-0.05, 0) is 45.0 Å². The van der Waals surface area contributed by atoms with E-state index in [1.54, 1.807) is 43.5 Å². The number of rotatable bonds is 8. The summed E-state index contributed by atoms with van der Waals surface area (Å²) in [6, 6.07) is 14.3. The van der Waals surface area contributed by atoms with Crippen LogP contribution in [-0.4, -0.2) is 25.7 Å². The van der Waals surface area contributed by atoms with Gasteiger partial charge < -0.3 is 19.5 Å². The third-order valence-corrected chi connectivity index (χ3v) is 3.68. The summed E-state index contributed by atoms with van der Waals surface area (Å²) in [5.74, 6) is 1.02. The molecule has 146 valence electrons. The van der Waals surface area contributed by atoms with Gasteiger partial charge in [0, 0.05) is 5.56 Å². The summed E-state index contributed by atoms with van der Waals surface area (Å²) in [7, 11) is 1.54. The van der Waals surface area contributed by atoms with E-state index in [1.807, 2.05) is 32.9 Å². The highest BCUT2D eigenvalue weighted by Crippen LogP contribution is 2.33. The Kier molecular flexibility index (Phi) is 7.46. The van der Waals surface area contributed by atoms with Crippen molar-refractivity contribution in [1.82, 2.24) is 0 Å². The van der Waals surface area contributed by atoms with Crippen molar-refractivity contribution in [2.75, 3.05) is 19.0 Å². The summed E-state index contributed by atoms with van der Waals surface area (Å²) in [4.78, 5) is 12.7. The summed E-state index contributed by atoms with van der Waals surface area (Å²) < 4.78 is 16.7. The van der Waals surface area contributed by atoms with Crippen molar-refractivity contribution >= 4 is 17.7 Å². The van der Waals surface area contributed by atoms with Crippen molar-refractivity contribution < 1.29 is 19.0 Å². The minimum Gasteiger partial charge on any atom is -0.493 e. The van der Waals surface area contributed by atoms with Crippen LogP contribution in [0.4, 0.5) is 5.69 Å². The first kappa shape index (κ1) is 20.8. The van der Waals surface area contributed by atoms with Gasteiger partial charge in [0.15, 0.2) is 11.5 Å². The highest BCUT2D eigenvalue weighted by molar-refractivity contribution is 6.10. The monoisotopic (exact) mass is 380 g/mol. The molecule has 0 saturated heterocycles. The van der Waals surface area contributed by atoms with Gasteiger partial charge in [0.25, 0.3) is 5.91 Å². The number of nitrogens with zero attached hydrogens (tertiary/aromatic N) is 1. The second-order valence-corrected chi connectivity index (χ2v) is 6.10. The standard InChI is InChI=1S/C22H24N2O4/c1-5-27-19-11-7-6-10-18(19)24-22(25)17(14-23)13-16-9-8-12-20(26-4)21(16)28-15(2)3/h6-13,15H,5H2,1-4H3,(H,24,25)/b17-13+. The van der Waals surface area contributed by atoms with E-state index in [0.29, 0.717) is 35.1 Å². The van der Waals surface area contributed by atoms with Crippen LogP contribution < -0.4 is 19.5 Å². The predicted molar refractivity (Wildman–Crippen MR) is 109 cm³/mol. The van der Waals surface area contributed by atoms with Gasteiger partial charge in [-0.25, -0.2) is 0 Å². The largest absolute Gasteiger partial charge is 0.493 e. The third-order valence-electron chi connectivity index (χ3n) is 3.68. The first-order valence-corrected chi connectivity index (χ1v) is 8.98. The molecule has 2 aromatic carbocycles. The summed E-state index contributed by atoms with van der Waals surface area (Å²) in [6.07, 6.45) is 1.39. The molecule has 0 unspecified atom stereocenters. The first-order chi connectivity index (χ1) is 13.5. The SMILES string of the molecule is CCOc1ccccc1NC(=O)/C(C#N)=C/c1cccc(OC)c1OC(C)C. The molecule has 2 aromatic rings. The molecule has 28 heavy (non-hydrogen) atoms. The molecule has 0 aliphatic heterocycles. The Morgan fingerprint density at radius 3 is 2.54 bits per heavy atom. The van der Waals surface area contributed by atoms with E-state index in [9.17, 15) is 10.1 Å². The quantitative estimate of drug-likeness (QED) is 0.541. The van der Waals surface area contributed by atoms with Crippen LogP contribution in [0.2, 0.25) is 0 Å². The van der Waals surface area contributed by atoms with Gasteiger partial charge in [-0.1, -0.05) is 24.3 Å². The van der Waals surface area contributed by atoms with Crippen LogP contribution in [0, 0.1) is 11.3 Å². The number of para-hydroxylation sites is 3. The number of nitrogens with one attached hydrogen (secondary N) is 1. The van der Waals surface area contributed by atoms with Gasteiger partial charge in [-0.3, -0.25) is 4.79 Å². The van der Waals surface area contributed by atoms with Gasteiger partial charge in [-0.15, -0.1) is 0 Å². The number of hydrogen-bond donors (Lipinski definition) is 1. The van der Waals surface area contributed by atoms with E-state index >= 15 is 0 Å². The summed E-state index contributed by atoms with van der Waals surface area (Å²) in [6.45, 7) is 6.11. The van der Waals surface area contributed by atoms with Gasteiger partial charge in [0.2, 0.25) is 0 Å². The molecule has 0 atom stereocenters. The highest BCUT2D eigenvalue weighted by atomic mass is 16.5. The maximum Gasteiger partial charge on any atom is 0.266 e. The summed E-state index contributed by atoms with van der Waals surface area (Å²) in [5.41, 5.74) is 1.02. The van der Waals surface area contributed by atoms with Crippen molar-refractivity contribution in [2.24, 2.45) is 0 Å². The topological polar surface area (TPSA) is 80.6 Å². The maximum absolute atomic E-state index is 12.7. The Labute approximate surface area is 165 Å². The van der Waals surface area contributed by atoms with Crippen molar-refractivity contribution in [3.63, 3.8) is 0 Å². The lowest BCUT2D eigenvalue weighted by atomic mass is 10.1. The molecule has 0 bridgehead atoms. The molecule has 0 aliphatic rings. The molecule has 0 aliphatic carbocycles. The number of nitriles is 1. The molecular weight excluding hydrogens is 356 g/mol. The van der Waals surface area contributed by atoms with Crippen LogP contribution in [0.5, 0.6) is 17.2 Å². The molecule has 0 heterocycles. The van der Waals surface area contributed by atoms with Crippen LogP contribution >= 0.6 is 0 Å². The van der Waals surface area contributed by atoms with Gasteiger partial charge in [0.05, 0.1) is 25.5 Å². The minimum atomic E-state index is -0.534. The number of carbonyl (C=O) groups is 1. The Balaban J connectivity index is 2.37. The highest BCUT2D eigenvalue weighted by Gasteiger charge is 2.16. The summed E-state index contributed by atoms with van der Waals surface area (Å²) >= 11 is 0. The average molecular weight is 380 g/mol. The summed E-state index contributed by atoms with van der Waals surface area (Å²) in [5, 5.41) is 12.3. The zero-order valence-electron chi connectivity index (χ0n) is 16.5. The molecule has 0 saturated carbocycles. The minimum absolute atomic E-state index is 0.0619. The number of methoxy groups -OCH3 is 1. The van der Waals surface area contributed by atoms with E-state index in [4.69, 9.17) is 14.2 Å². The lowest BCUT2D eigenvalue weighted by molar-refractivity contribution is -0.112. The fraction of sp³-hybridized carbons (Fsp3) is 0.273. The number of hydrogen-bond acceptors (Lipinski definition) is 5. The van der Waals surface area contributed by atoms with E-state index in [0.717, 1.165) is 0 Å². The van der Waals surface area contributed by atoms with Crippen molar-refractivity contribution in [3.8, 4) is 23.3 Å². The van der Waals surface area contributed by atoms with Crippen LogP contribution in [-0.2, 0) is 4.79 Å². The Hall–Kier alpha value is -3.46. The second-order valence-electron chi connectivity index (χ2n) is 6.10. The van der Waals surface area contributed by atoms with Gasteiger partial charge >= 0.3 is 0 Å². The smallest absolute Gasteiger partial charge is 0.266 e. The van der Waals surface area contributed by atoms with Crippen LogP contribution in [0.25, 0.3) is 6.08 Å². The lowest BCUT2D eigenvalue weighted by Crippen LogP contribution is -2.14. The molecule has 6 nitrogen and oxygen atoms in total. The zero-order valence-corrected chi connectivity index (χ0v) is 16.5. The lowest BCUT2D eigenvalue weighted by Gasteiger charge is -2.16. The maximum atomic E-state index is 12.7. The third kappa shape index (κ3) is 5.27. The molecule has 0 radical (unpaired) electrons. The molecule has 2 rings (SSSR count). The molecule has 0 fully saturated rings. The predicted octanol–water partition coefficient (Wildman–Crippen LogP) is 4.43. The van der Waals surface area contributed by atoms with Gasteiger partial charge in [-0.2, -0.15) is 5.26 Å². The number of carbonyl (C=O) groups excluding carboxylic acids is 1. The van der Waals surface area contributed by atoms with Crippen LogP contribution in [0.15, 0.2) is 48.0 Å². The Bertz CT molecular complexity index is 898. The van der Waals surface area contributed by atoms with E-state index in [1.165, 1.54) is 6.08 Å². The normalized spacial score (nSPS) is 10.9. The van der Waals surface area contributed by atoms with Crippen molar-refractivity contribution in [3.05, 3.63) is 53.6 Å². The fourth-order valence-corrected chi connectivity index (χ4v) is 2.51. The van der Waals surface area contributed by atoms with Crippen LogP contribution in [0.3, 0.4) is 0 Å². The zero-order chi connectivity index (χ0) is 20.5. The van der Waals surface area contributed by atoms with Crippen molar-refractivity contribution in [2.45, 2.75) is 26.9 Å². The number of amides is 1. The Morgan fingerprint density at radius 2 is 1.89 bits per heavy atom. The van der Waals surface area contributed by atoms with Crippen LogP contribution in [0.1, 0.15) is 26.3 Å². The molecule has 6 heteroatoms. The second kappa shape index (κ2) is 10.0. The molecule has 0 spiro atoms. The average Bonchev–Trinajstić information content (AvgIpc) is 2.68. The van der Waals surface area contributed by atoms with E-state index in [2.05, 4.69) is 5.32 Å². The molecule has 0 aromatic heterocycles. The molecule has 1 N–H and O–H groups in total.